The van der Waals surface area contributed by atoms with Crippen molar-refractivity contribution in [3.63, 3.8) is 0 Å². The summed E-state index contributed by atoms with van der Waals surface area (Å²) in [6.45, 7) is 0.630. The number of nitrogens with one attached hydrogen (secondary N) is 1. The highest BCUT2D eigenvalue weighted by molar-refractivity contribution is 5.80. The molecule has 88 valence electrons. The molecule has 5 nitrogen and oxygen atoms in total. The predicted octanol–water partition coefficient (Wildman–Crippen LogP) is 0.798. The highest BCUT2D eigenvalue weighted by Crippen LogP contribution is 2.28. The number of carbonyl (C=O) groups is 1. The summed E-state index contributed by atoms with van der Waals surface area (Å²) in [5.41, 5.74) is 0.844. The van der Waals surface area contributed by atoms with Gasteiger partial charge in [-0.05, 0) is 25.0 Å². The van der Waals surface area contributed by atoms with Crippen LogP contribution < -0.4 is 5.32 Å². The summed E-state index contributed by atoms with van der Waals surface area (Å²) in [7, 11) is 0. The maximum Gasteiger partial charge on any atom is 0.223 e. The van der Waals surface area contributed by atoms with Crippen molar-refractivity contribution in [2.24, 2.45) is 5.92 Å². The predicted molar refractivity (Wildman–Crippen MR) is 62.4 cm³/mol. The molecule has 0 radical (unpaired) electrons. The largest absolute Gasteiger partial charge is 0.355 e. The number of rotatable bonds is 4. The minimum absolute atomic E-state index is 0.179. The first kappa shape index (κ1) is 10.3. The Morgan fingerprint density at radius 2 is 2.29 bits per heavy atom. The second-order valence-electron chi connectivity index (χ2n) is 4.36. The number of amides is 1. The van der Waals surface area contributed by atoms with E-state index in [0.29, 0.717) is 13.0 Å². The summed E-state index contributed by atoms with van der Waals surface area (Å²) >= 11 is 0. The Hall–Kier alpha value is -1.91. The Kier molecular flexibility index (Phi) is 2.51. The van der Waals surface area contributed by atoms with Crippen LogP contribution in [0.4, 0.5) is 0 Å². The van der Waals surface area contributed by atoms with Crippen LogP contribution in [0.5, 0.6) is 0 Å². The first-order chi connectivity index (χ1) is 8.34. The molecule has 1 N–H and O–H groups in total. The molecule has 2 aromatic rings. The smallest absolute Gasteiger partial charge is 0.223 e. The molecule has 17 heavy (non-hydrogen) atoms. The summed E-state index contributed by atoms with van der Waals surface area (Å²) < 4.78 is 1.95. The standard InChI is InChI=1S/C12H14N4O/c17-12(9-4-5-9)13-7-6-11-15-14-10-3-1-2-8-16(10)11/h1-3,8-9H,4-7H2,(H,13,17). The van der Waals surface area contributed by atoms with Crippen molar-refractivity contribution in [2.45, 2.75) is 19.3 Å². The van der Waals surface area contributed by atoms with Crippen LogP contribution in [0, 0.1) is 5.92 Å². The minimum Gasteiger partial charge on any atom is -0.355 e. The van der Waals surface area contributed by atoms with Gasteiger partial charge in [-0.25, -0.2) is 0 Å². The summed E-state index contributed by atoms with van der Waals surface area (Å²) in [5.74, 6) is 1.33. The van der Waals surface area contributed by atoms with Crippen molar-refractivity contribution in [3.8, 4) is 0 Å². The van der Waals surface area contributed by atoms with Crippen LogP contribution in [0.25, 0.3) is 5.65 Å². The number of aromatic nitrogens is 3. The van der Waals surface area contributed by atoms with Gasteiger partial charge in [0.05, 0.1) is 0 Å². The van der Waals surface area contributed by atoms with Gasteiger partial charge in [0.2, 0.25) is 5.91 Å². The van der Waals surface area contributed by atoms with Gasteiger partial charge >= 0.3 is 0 Å². The van der Waals surface area contributed by atoms with Crippen LogP contribution in [0.2, 0.25) is 0 Å². The Labute approximate surface area is 98.9 Å². The minimum atomic E-state index is 0.179. The van der Waals surface area contributed by atoms with E-state index in [1.165, 1.54) is 0 Å². The van der Waals surface area contributed by atoms with Crippen molar-refractivity contribution in [2.75, 3.05) is 6.54 Å². The average molecular weight is 230 g/mol. The molecule has 5 heteroatoms. The molecule has 0 spiro atoms. The number of pyridine rings is 1. The number of hydrogen-bond donors (Lipinski definition) is 1. The van der Waals surface area contributed by atoms with Crippen LogP contribution in [0.1, 0.15) is 18.7 Å². The molecule has 1 fully saturated rings. The molecule has 1 aliphatic rings. The molecule has 0 saturated heterocycles. The van der Waals surface area contributed by atoms with Crippen LogP contribution >= 0.6 is 0 Å². The molecule has 0 aliphatic heterocycles. The molecule has 1 amide bonds. The zero-order valence-electron chi connectivity index (χ0n) is 9.47. The fourth-order valence-electron chi connectivity index (χ4n) is 1.85. The van der Waals surface area contributed by atoms with Crippen LogP contribution in [0.3, 0.4) is 0 Å². The fraction of sp³-hybridized carbons (Fsp3) is 0.417. The third-order valence-corrected chi connectivity index (χ3v) is 2.98. The van der Waals surface area contributed by atoms with E-state index in [-0.39, 0.29) is 11.8 Å². The Morgan fingerprint density at radius 3 is 3.12 bits per heavy atom. The van der Waals surface area contributed by atoms with E-state index in [1.54, 1.807) is 0 Å². The summed E-state index contributed by atoms with van der Waals surface area (Å²) in [5, 5.41) is 11.1. The Morgan fingerprint density at radius 1 is 1.41 bits per heavy atom. The molecule has 2 heterocycles. The van der Waals surface area contributed by atoms with Gasteiger partial charge < -0.3 is 5.32 Å². The van der Waals surface area contributed by atoms with E-state index in [2.05, 4.69) is 15.5 Å². The van der Waals surface area contributed by atoms with Gasteiger partial charge in [-0.15, -0.1) is 10.2 Å². The monoisotopic (exact) mass is 230 g/mol. The molecule has 0 aromatic carbocycles. The zero-order chi connectivity index (χ0) is 11.7. The Balaban J connectivity index is 1.62. The molecular formula is C12H14N4O. The van der Waals surface area contributed by atoms with E-state index in [1.807, 2.05) is 28.8 Å². The molecule has 0 unspecified atom stereocenters. The van der Waals surface area contributed by atoms with Crippen molar-refractivity contribution >= 4 is 11.6 Å². The second-order valence-corrected chi connectivity index (χ2v) is 4.36. The van der Waals surface area contributed by atoms with Crippen molar-refractivity contribution in [1.29, 1.82) is 0 Å². The van der Waals surface area contributed by atoms with E-state index in [4.69, 9.17) is 0 Å². The highest BCUT2D eigenvalue weighted by atomic mass is 16.2. The molecule has 2 aromatic heterocycles. The first-order valence-electron chi connectivity index (χ1n) is 5.91. The fourth-order valence-corrected chi connectivity index (χ4v) is 1.85. The van der Waals surface area contributed by atoms with Gasteiger partial charge in [0.25, 0.3) is 0 Å². The van der Waals surface area contributed by atoms with Crippen molar-refractivity contribution < 1.29 is 4.79 Å². The summed E-state index contributed by atoms with van der Waals surface area (Å²) in [6.07, 6.45) is 4.73. The van der Waals surface area contributed by atoms with Gasteiger partial charge in [-0.1, -0.05) is 6.07 Å². The maximum atomic E-state index is 11.4. The Bertz CT molecular complexity index is 544. The van der Waals surface area contributed by atoms with Crippen molar-refractivity contribution in [1.82, 2.24) is 19.9 Å². The third-order valence-electron chi connectivity index (χ3n) is 2.98. The quantitative estimate of drug-likeness (QED) is 0.845. The topological polar surface area (TPSA) is 59.3 Å². The van der Waals surface area contributed by atoms with Crippen LogP contribution in [-0.4, -0.2) is 27.0 Å². The zero-order valence-corrected chi connectivity index (χ0v) is 9.47. The molecule has 0 atom stereocenters. The lowest BCUT2D eigenvalue weighted by molar-refractivity contribution is -0.122. The number of nitrogens with zero attached hydrogens (tertiary/aromatic N) is 3. The second kappa shape index (κ2) is 4.16. The van der Waals surface area contributed by atoms with Gasteiger partial charge in [0.15, 0.2) is 5.65 Å². The summed E-state index contributed by atoms with van der Waals surface area (Å²) in [4.78, 5) is 11.4. The summed E-state index contributed by atoms with van der Waals surface area (Å²) in [6, 6.07) is 5.80. The molecule has 3 rings (SSSR count). The number of fused-ring (bicyclic) bond motifs is 1. The first-order valence-corrected chi connectivity index (χ1v) is 5.91. The highest BCUT2D eigenvalue weighted by Gasteiger charge is 2.29. The van der Waals surface area contributed by atoms with Gasteiger partial charge in [-0.3, -0.25) is 9.20 Å². The lowest BCUT2D eigenvalue weighted by Gasteiger charge is -2.02. The third kappa shape index (κ3) is 2.13. The van der Waals surface area contributed by atoms with Crippen molar-refractivity contribution in [3.05, 3.63) is 30.2 Å². The lowest BCUT2D eigenvalue weighted by Crippen LogP contribution is -2.27. The van der Waals surface area contributed by atoms with Gasteiger partial charge in [0, 0.05) is 25.1 Å². The molecule has 1 saturated carbocycles. The number of hydrogen-bond acceptors (Lipinski definition) is 3. The van der Waals surface area contributed by atoms with E-state index in [0.717, 1.165) is 24.3 Å². The van der Waals surface area contributed by atoms with Crippen LogP contribution in [0.15, 0.2) is 24.4 Å². The van der Waals surface area contributed by atoms with Crippen LogP contribution in [-0.2, 0) is 11.2 Å². The van der Waals surface area contributed by atoms with Gasteiger partial charge in [0.1, 0.15) is 5.82 Å². The SMILES string of the molecule is O=C(NCCc1nnc2ccccn12)C1CC1. The van der Waals surface area contributed by atoms with E-state index >= 15 is 0 Å². The lowest BCUT2D eigenvalue weighted by atomic mass is 10.3. The normalized spacial score (nSPS) is 15.1. The average Bonchev–Trinajstić information content (AvgIpc) is 3.12. The van der Waals surface area contributed by atoms with E-state index < -0.39 is 0 Å². The maximum absolute atomic E-state index is 11.4. The van der Waals surface area contributed by atoms with E-state index in [9.17, 15) is 4.79 Å². The molecule has 1 aliphatic carbocycles. The molecule has 0 bridgehead atoms. The van der Waals surface area contributed by atoms with Gasteiger partial charge in [-0.2, -0.15) is 0 Å². The molecular weight excluding hydrogens is 216 g/mol. The number of carbonyl (C=O) groups excluding carboxylic acids is 1.